The van der Waals surface area contributed by atoms with Crippen LogP contribution in [0.4, 0.5) is 5.69 Å². The fourth-order valence-corrected chi connectivity index (χ4v) is 2.57. The number of amides is 1. The summed E-state index contributed by atoms with van der Waals surface area (Å²) in [6.45, 7) is 1.22. The molecule has 1 aliphatic heterocycles. The van der Waals surface area contributed by atoms with E-state index in [9.17, 15) is 10.0 Å². The van der Waals surface area contributed by atoms with E-state index in [1.54, 1.807) is 0 Å². The van der Waals surface area contributed by atoms with Gasteiger partial charge < -0.3 is 14.7 Å². The fourth-order valence-electron chi connectivity index (χ4n) is 2.05. The summed E-state index contributed by atoms with van der Waals surface area (Å²) < 4.78 is 9.02. The Labute approximate surface area is 120 Å². The third-order valence-corrected chi connectivity index (χ3v) is 3.47. The van der Waals surface area contributed by atoms with Gasteiger partial charge in [0.25, 0.3) is 0 Å². The van der Waals surface area contributed by atoms with Gasteiger partial charge in [0, 0.05) is 29.3 Å². The number of rotatable bonds is 3. The van der Waals surface area contributed by atoms with Gasteiger partial charge in [0.1, 0.15) is 5.69 Å². The Balaban J connectivity index is 2.42. The summed E-state index contributed by atoms with van der Waals surface area (Å²) in [5.41, 5.74) is -1.10. The third-order valence-electron chi connectivity index (χ3n) is 3.03. The van der Waals surface area contributed by atoms with Crippen molar-refractivity contribution in [3.63, 3.8) is 0 Å². The molecule has 1 aromatic carbocycles. The Bertz CT molecular complexity index is 504. The molecule has 1 amide bonds. The van der Waals surface area contributed by atoms with Gasteiger partial charge in [0.15, 0.2) is 6.73 Å². The number of hydroxylamine groups is 2. The van der Waals surface area contributed by atoms with Gasteiger partial charge in [0.05, 0.1) is 6.61 Å². The molecule has 0 spiro atoms. The van der Waals surface area contributed by atoms with E-state index in [-0.39, 0.29) is 19.0 Å². The first kappa shape index (κ1) is 14.7. The summed E-state index contributed by atoms with van der Waals surface area (Å²) in [6, 6.07) is 4.33. The minimum absolute atomic E-state index is 0.0162. The van der Waals surface area contributed by atoms with Crippen LogP contribution in [0.3, 0.4) is 0 Å². The molecule has 1 aromatic rings. The number of methoxy groups -OCH3 is 1. The zero-order chi connectivity index (χ0) is 14.3. The van der Waals surface area contributed by atoms with Crippen LogP contribution in [0.1, 0.15) is 6.92 Å². The molecule has 2 unspecified atom stereocenters. The predicted molar refractivity (Wildman–Crippen MR) is 72.9 cm³/mol. The number of nitrogens with zero attached hydrogens (tertiary/aromatic N) is 1. The Hall–Kier alpha value is -0.690. The monoisotopic (exact) mass is 305 g/mol. The van der Waals surface area contributed by atoms with Gasteiger partial charge in [-0.2, -0.15) is 0 Å². The van der Waals surface area contributed by atoms with Gasteiger partial charge in [-0.1, -0.05) is 23.2 Å². The molecule has 0 N–H and O–H groups in total. The molecule has 0 bridgehead atoms. The molecular formula is C12H13Cl2NO4. The van der Waals surface area contributed by atoms with Crippen molar-refractivity contribution in [3.05, 3.63) is 33.5 Å². The first-order valence-electron chi connectivity index (χ1n) is 5.55. The zero-order valence-corrected chi connectivity index (χ0v) is 12.0. The summed E-state index contributed by atoms with van der Waals surface area (Å²) in [5.74, 6) is -0.632. The average molecular weight is 306 g/mol. The minimum atomic E-state index is -1.26. The second-order valence-electron chi connectivity index (χ2n) is 4.61. The number of halogens is 2. The van der Waals surface area contributed by atoms with Crippen LogP contribution in [-0.2, 0) is 14.3 Å². The van der Waals surface area contributed by atoms with E-state index in [1.807, 2.05) is 0 Å². The standard InChI is InChI=1S/C12H13Cl2NO4/c1-12(6-18-2)11(16)15(17,7-19-12)10-4-8(13)3-9(14)5-10/h3-5H,6-7H2,1-2H3. The molecule has 0 saturated carbocycles. The number of quaternary nitrogens is 1. The van der Waals surface area contributed by atoms with E-state index in [4.69, 9.17) is 32.7 Å². The van der Waals surface area contributed by atoms with Crippen molar-refractivity contribution in [2.24, 2.45) is 0 Å². The first-order chi connectivity index (χ1) is 8.82. The maximum Gasteiger partial charge on any atom is 0.355 e. The van der Waals surface area contributed by atoms with Crippen LogP contribution in [0.2, 0.25) is 10.0 Å². The lowest BCUT2D eigenvalue weighted by Crippen LogP contribution is -2.51. The molecule has 19 heavy (non-hydrogen) atoms. The van der Waals surface area contributed by atoms with Gasteiger partial charge in [-0.25, -0.2) is 9.44 Å². The highest BCUT2D eigenvalue weighted by molar-refractivity contribution is 6.35. The Morgan fingerprint density at radius 3 is 2.53 bits per heavy atom. The van der Waals surface area contributed by atoms with Crippen molar-refractivity contribution in [2.75, 3.05) is 20.4 Å². The summed E-state index contributed by atoms with van der Waals surface area (Å²) in [5, 5.41) is 13.3. The Morgan fingerprint density at radius 1 is 1.42 bits per heavy atom. The van der Waals surface area contributed by atoms with Crippen molar-refractivity contribution >= 4 is 34.8 Å². The van der Waals surface area contributed by atoms with Crippen molar-refractivity contribution in [1.29, 1.82) is 0 Å². The van der Waals surface area contributed by atoms with E-state index in [0.717, 1.165) is 0 Å². The number of carbonyl (C=O) groups is 1. The number of benzene rings is 1. The van der Waals surface area contributed by atoms with Gasteiger partial charge >= 0.3 is 5.91 Å². The molecule has 5 nitrogen and oxygen atoms in total. The maximum atomic E-state index is 12.7. The molecule has 7 heteroatoms. The molecule has 1 fully saturated rings. The van der Waals surface area contributed by atoms with Crippen LogP contribution in [0.15, 0.2) is 18.2 Å². The van der Waals surface area contributed by atoms with Gasteiger partial charge in [0.2, 0.25) is 5.60 Å². The molecule has 2 atom stereocenters. The second kappa shape index (κ2) is 5.01. The number of hydrogen-bond donors (Lipinski definition) is 0. The third kappa shape index (κ3) is 2.50. The first-order valence-corrected chi connectivity index (χ1v) is 6.31. The van der Waals surface area contributed by atoms with Crippen molar-refractivity contribution in [2.45, 2.75) is 12.5 Å². The quantitative estimate of drug-likeness (QED) is 0.636. The lowest BCUT2D eigenvalue weighted by Gasteiger charge is -2.34. The van der Waals surface area contributed by atoms with Crippen LogP contribution >= 0.6 is 23.2 Å². The lowest BCUT2D eigenvalue weighted by molar-refractivity contribution is -0.138. The van der Waals surface area contributed by atoms with Gasteiger partial charge in [-0.15, -0.1) is 0 Å². The molecule has 104 valence electrons. The Morgan fingerprint density at radius 2 is 2.00 bits per heavy atom. The van der Waals surface area contributed by atoms with Gasteiger partial charge in [-0.05, 0) is 13.0 Å². The number of carbonyl (C=O) groups excluding carboxylic acids is 1. The topological polar surface area (TPSA) is 58.6 Å². The summed E-state index contributed by atoms with van der Waals surface area (Å²) >= 11 is 11.7. The normalized spacial score (nSPS) is 30.9. The average Bonchev–Trinajstić information content (AvgIpc) is 2.55. The predicted octanol–water partition coefficient (Wildman–Crippen LogP) is 2.72. The van der Waals surface area contributed by atoms with Gasteiger partial charge in [-0.3, -0.25) is 0 Å². The summed E-state index contributed by atoms with van der Waals surface area (Å²) in [4.78, 5) is 12.3. The van der Waals surface area contributed by atoms with E-state index in [0.29, 0.717) is 10.0 Å². The molecule has 1 saturated heterocycles. The van der Waals surface area contributed by atoms with Crippen molar-refractivity contribution < 1.29 is 14.3 Å². The van der Waals surface area contributed by atoms with Crippen LogP contribution in [-0.4, -0.2) is 32.0 Å². The highest BCUT2D eigenvalue weighted by Crippen LogP contribution is 2.37. The van der Waals surface area contributed by atoms with Crippen molar-refractivity contribution in [1.82, 2.24) is 4.65 Å². The molecule has 1 heterocycles. The van der Waals surface area contributed by atoms with Crippen LogP contribution in [0, 0.1) is 5.21 Å². The fraction of sp³-hybridized carbons (Fsp3) is 0.417. The Kier molecular flexibility index (Phi) is 3.88. The lowest BCUT2D eigenvalue weighted by atomic mass is 10.1. The molecule has 0 aromatic heterocycles. The van der Waals surface area contributed by atoms with E-state index in [2.05, 4.69) is 0 Å². The molecule has 1 aliphatic rings. The summed E-state index contributed by atoms with van der Waals surface area (Å²) in [6.07, 6.45) is 0. The SMILES string of the molecule is COCC1(C)OC[N+]([O-])(c2cc(Cl)cc(Cl)c2)C1=O. The number of hydrogen-bond acceptors (Lipinski definition) is 4. The highest BCUT2D eigenvalue weighted by atomic mass is 35.5. The molecule has 0 radical (unpaired) electrons. The summed E-state index contributed by atoms with van der Waals surface area (Å²) in [7, 11) is 1.44. The zero-order valence-electron chi connectivity index (χ0n) is 10.5. The highest BCUT2D eigenvalue weighted by Gasteiger charge is 2.54. The molecule has 2 rings (SSSR count). The smallest absolute Gasteiger partial charge is 0.355 e. The van der Waals surface area contributed by atoms with Crippen LogP contribution in [0.25, 0.3) is 0 Å². The van der Waals surface area contributed by atoms with E-state index >= 15 is 0 Å². The van der Waals surface area contributed by atoms with Crippen molar-refractivity contribution in [3.8, 4) is 0 Å². The molecule has 0 aliphatic carbocycles. The van der Waals surface area contributed by atoms with E-state index < -0.39 is 16.2 Å². The number of ether oxygens (including phenoxy) is 2. The molecular weight excluding hydrogens is 293 g/mol. The maximum absolute atomic E-state index is 12.7. The van der Waals surface area contributed by atoms with E-state index in [1.165, 1.54) is 32.2 Å². The van der Waals surface area contributed by atoms with Crippen LogP contribution < -0.4 is 4.65 Å². The largest absolute Gasteiger partial charge is 0.618 e. The van der Waals surface area contributed by atoms with Crippen LogP contribution in [0.5, 0.6) is 0 Å². The second-order valence-corrected chi connectivity index (χ2v) is 5.48. The minimum Gasteiger partial charge on any atom is -0.618 e.